The molecule has 9 nitrogen and oxygen atoms in total. The van der Waals surface area contributed by atoms with Crippen LogP contribution in [0.5, 0.6) is 5.75 Å². The molecule has 4 rings (SSSR count). The van der Waals surface area contributed by atoms with E-state index in [0.29, 0.717) is 0 Å². The Morgan fingerprint density at radius 3 is 2.53 bits per heavy atom. The highest BCUT2D eigenvalue weighted by Crippen LogP contribution is 2.26. The lowest BCUT2D eigenvalue weighted by Crippen LogP contribution is -2.49. The number of hydrogen-bond donors (Lipinski definition) is 1. The van der Waals surface area contributed by atoms with E-state index < -0.39 is 10.8 Å². The van der Waals surface area contributed by atoms with Crippen LogP contribution in [0.25, 0.3) is 0 Å². The first-order valence-electron chi connectivity index (χ1n) is 10.8. The first-order chi connectivity index (χ1) is 16.5. The molecule has 1 atom stereocenters. The summed E-state index contributed by atoms with van der Waals surface area (Å²) in [5.74, 6) is 1.09. The Morgan fingerprint density at radius 1 is 1.18 bits per heavy atom. The molecule has 10 heteroatoms. The molecule has 1 aliphatic rings. The number of furan rings is 1. The number of hydrogen-bond acceptors (Lipinski definition) is 7. The molecule has 0 spiro atoms. The van der Waals surface area contributed by atoms with Crippen molar-refractivity contribution in [2.24, 2.45) is 0 Å². The number of nitrogens with zero attached hydrogens (tertiary/aromatic N) is 3. The summed E-state index contributed by atoms with van der Waals surface area (Å²) in [7, 11) is 1.65. The van der Waals surface area contributed by atoms with Gasteiger partial charge in [0.2, 0.25) is 0 Å². The van der Waals surface area contributed by atoms with E-state index in [-0.39, 0.29) is 28.9 Å². The third-order valence-corrected chi connectivity index (χ3v) is 6.26. The average molecular weight is 485 g/mol. The highest BCUT2D eigenvalue weighted by Gasteiger charge is 2.28. The molecule has 3 aromatic rings. The molecule has 0 saturated carbocycles. The van der Waals surface area contributed by atoms with Gasteiger partial charge in [0.15, 0.2) is 0 Å². The van der Waals surface area contributed by atoms with Crippen LogP contribution in [0.1, 0.15) is 22.2 Å². The standard InChI is InChI=1S/C24H25ClN4O5/c1-33-19-7-4-17(5-8-19)27-10-12-28(13-11-27)22(23-3-2-14-34-23)16-26-24(30)20-15-18(29(31)32)6-9-21(20)25/h2-9,14-15,22H,10-13,16H2,1H3,(H,26,30). The lowest BCUT2D eigenvalue weighted by atomic mass is 10.1. The molecule has 1 N–H and O–H groups in total. The fraction of sp³-hybridized carbons (Fsp3) is 0.292. The van der Waals surface area contributed by atoms with Crippen LogP contribution in [0, 0.1) is 10.1 Å². The van der Waals surface area contributed by atoms with Crippen LogP contribution in [0.4, 0.5) is 11.4 Å². The van der Waals surface area contributed by atoms with E-state index in [1.807, 2.05) is 36.4 Å². The summed E-state index contributed by atoms with van der Waals surface area (Å²) in [4.78, 5) is 27.9. The SMILES string of the molecule is COc1ccc(N2CCN(C(CNC(=O)c3cc([N+](=O)[O-])ccc3Cl)c3ccco3)CC2)cc1. The van der Waals surface area contributed by atoms with Gasteiger partial charge in [0.05, 0.1) is 34.9 Å². The zero-order valence-electron chi connectivity index (χ0n) is 18.6. The van der Waals surface area contributed by atoms with Crippen molar-refractivity contribution in [1.82, 2.24) is 10.2 Å². The van der Waals surface area contributed by atoms with Gasteiger partial charge in [-0.3, -0.25) is 19.8 Å². The van der Waals surface area contributed by atoms with Crippen molar-refractivity contribution < 1.29 is 18.9 Å². The molecule has 1 aliphatic heterocycles. The smallest absolute Gasteiger partial charge is 0.270 e. The molecule has 1 fully saturated rings. The molecule has 178 valence electrons. The minimum absolute atomic E-state index is 0.0680. The Hall–Kier alpha value is -3.56. The summed E-state index contributed by atoms with van der Waals surface area (Å²) in [6.45, 7) is 3.44. The van der Waals surface area contributed by atoms with Crippen molar-refractivity contribution >= 4 is 28.9 Å². The molecule has 1 saturated heterocycles. The van der Waals surface area contributed by atoms with E-state index in [0.717, 1.165) is 43.4 Å². The summed E-state index contributed by atoms with van der Waals surface area (Å²) in [6.07, 6.45) is 1.61. The van der Waals surface area contributed by atoms with Gasteiger partial charge in [0.25, 0.3) is 11.6 Å². The molecule has 0 bridgehead atoms. The normalized spacial score (nSPS) is 15.1. The van der Waals surface area contributed by atoms with Crippen molar-refractivity contribution in [2.45, 2.75) is 6.04 Å². The molecule has 1 unspecified atom stereocenters. The number of ether oxygens (including phenoxy) is 1. The third-order valence-electron chi connectivity index (χ3n) is 5.93. The maximum Gasteiger partial charge on any atom is 0.270 e. The summed E-state index contributed by atoms with van der Waals surface area (Å²) >= 11 is 6.13. The maximum absolute atomic E-state index is 12.8. The first kappa shape index (κ1) is 23.6. The third kappa shape index (κ3) is 5.32. The highest BCUT2D eigenvalue weighted by molar-refractivity contribution is 6.33. The number of rotatable bonds is 8. The van der Waals surface area contributed by atoms with Crippen LogP contribution in [-0.4, -0.2) is 55.6 Å². The van der Waals surface area contributed by atoms with E-state index in [2.05, 4.69) is 15.1 Å². The number of carbonyl (C=O) groups excluding carboxylic acids is 1. The largest absolute Gasteiger partial charge is 0.497 e. The molecule has 2 heterocycles. The lowest BCUT2D eigenvalue weighted by Gasteiger charge is -2.39. The number of anilines is 1. The Labute approximate surface area is 202 Å². The van der Waals surface area contributed by atoms with Gasteiger partial charge in [0, 0.05) is 50.5 Å². The number of non-ortho nitro benzene ring substituents is 1. The van der Waals surface area contributed by atoms with Gasteiger partial charge >= 0.3 is 0 Å². The van der Waals surface area contributed by atoms with Crippen molar-refractivity contribution in [3.63, 3.8) is 0 Å². The summed E-state index contributed by atoms with van der Waals surface area (Å²) in [6, 6.07) is 15.3. The number of methoxy groups -OCH3 is 1. The molecule has 34 heavy (non-hydrogen) atoms. The topological polar surface area (TPSA) is 101 Å². The van der Waals surface area contributed by atoms with Gasteiger partial charge in [0.1, 0.15) is 11.5 Å². The van der Waals surface area contributed by atoms with Crippen molar-refractivity contribution in [2.75, 3.05) is 44.7 Å². The molecule has 1 amide bonds. The van der Waals surface area contributed by atoms with Gasteiger partial charge in [-0.2, -0.15) is 0 Å². The molecular formula is C24H25ClN4O5. The maximum atomic E-state index is 12.8. The second kappa shape index (κ2) is 10.6. The predicted molar refractivity (Wildman–Crippen MR) is 129 cm³/mol. The average Bonchev–Trinajstić information content (AvgIpc) is 3.39. The Balaban J connectivity index is 1.43. The van der Waals surface area contributed by atoms with Gasteiger partial charge in [-0.1, -0.05) is 11.6 Å². The number of nitrogens with one attached hydrogen (secondary N) is 1. The fourth-order valence-corrected chi connectivity index (χ4v) is 4.26. The Kier molecular flexibility index (Phi) is 7.34. The number of amides is 1. The van der Waals surface area contributed by atoms with E-state index in [9.17, 15) is 14.9 Å². The van der Waals surface area contributed by atoms with Crippen LogP contribution in [0.2, 0.25) is 5.02 Å². The zero-order valence-corrected chi connectivity index (χ0v) is 19.4. The fourth-order valence-electron chi connectivity index (χ4n) is 4.06. The number of benzene rings is 2. The van der Waals surface area contributed by atoms with Crippen LogP contribution in [0.15, 0.2) is 65.3 Å². The quantitative estimate of drug-likeness (QED) is 0.378. The summed E-state index contributed by atoms with van der Waals surface area (Å²) in [5.41, 5.74) is 1.01. The van der Waals surface area contributed by atoms with Gasteiger partial charge in [-0.15, -0.1) is 0 Å². The van der Waals surface area contributed by atoms with E-state index >= 15 is 0 Å². The van der Waals surface area contributed by atoms with Crippen LogP contribution >= 0.6 is 11.6 Å². The second-order valence-electron chi connectivity index (χ2n) is 7.88. The Morgan fingerprint density at radius 2 is 1.91 bits per heavy atom. The van der Waals surface area contributed by atoms with E-state index in [4.69, 9.17) is 20.8 Å². The molecule has 1 aromatic heterocycles. The molecule has 0 aliphatic carbocycles. The van der Waals surface area contributed by atoms with Crippen molar-refractivity contribution in [1.29, 1.82) is 0 Å². The molecular weight excluding hydrogens is 460 g/mol. The predicted octanol–water partition coefficient (Wildman–Crippen LogP) is 4.14. The highest BCUT2D eigenvalue weighted by atomic mass is 35.5. The van der Waals surface area contributed by atoms with Crippen LogP contribution in [0.3, 0.4) is 0 Å². The molecule has 2 aromatic carbocycles. The van der Waals surface area contributed by atoms with Gasteiger partial charge in [-0.25, -0.2) is 0 Å². The minimum Gasteiger partial charge on any atom is -0.497 e. The summed E-state index contributed by atoms with van der Waals surface area (Å²) in [5, 5.41) is 14.1. The first-order valence-corrected chi connectivity index (χ1v) is 11.2. The number of halogens is 1. The van der Waals surface area contributed by atoms with Gasteiger partial charge < -0.3 is 19.4 Å². The number of nitro groups is 1. The van der Waals surface area contributed by atoms with Crippen LogP contribution < -0.4 is 15.0 Å². The number of carbonyl (C=O) groups is 1. The van der Waals surface area contributed by atoms with E-state index in [1.165, 1.54) is 18.2 Å². The monoisotopic (exact) mass is 484 g/mol. The zero-order chi connectivity index (χ0) is 24.1. The van der Waals surface area contributed by atoms with E-state index in [1.54, 1.807) is 13.4 Å². The molecule has 0 radical (unpaired) electrons. The van der Waals surface area contributed by atoms with Gasteiger partial charge in [-0.05, 0) is 42.5 Å². The van der Waals surface area contributed by atoms with Crippen molar-refractivity contribution in [3.05, 3.63) is 87.3 Å². The summed E-state index contributed by atoms with van der Waals surface area (Å²) < 4.78 is 10.9. The second-order valence-corrected chi connectivity index (χ2v) is 8.29. The lowest BCUT2D eigenvalue weighted by molar-refractivity contribution is -0.384. The van der Waals surface area contributed by atoms with Crippen LogP contribution in [-0.2, 0) is 0 Å². The number of nitro benzene ring substituents is 1. The minimum atomic E-state index is -0.555. The van der Waals surface area contributed by atoms with Crippen molar-refractivity contribution in [3.8, 4) is 5.75 Å². The Bertz CT molecular complexity index is 1130. The number of piperazine rings is 1.